The molecule has 0 aliphatic carbocycles. The van der Waals surface area contributed by atoms with Gasteiger partial charge in [0.25, 0.3) is 0 Å². The molecule has 1 fully saturated rings. The highest BCUT2D eigenvalue weighted by molar-refractivity contribution is 5.85. The Morgan fingerprint density at radius 3 is 2.17 bits per heavy atom. The second kappa shape index (κ2) is 12.0. The van der Waals surface area contributed by atoms with Crippen LogP contribution in [0.15, 0.2) is 0 Å². The van der Waals surface area contributed by atoms with Gasteiger partial charge in [0, 0.05) is 6.54 Å². The molecule has 0 aromatic rings. The zero-order valence-electron chi connectivity index (χ0n) is 14.6. The monoisotopic (exact) mass is 368 g/mol. The molecule has 7 nitrogen and oxygen atoms in total. The zero-order valence-corrected chi connectivity index (χ0v) is 15.4. The third kappa shape index (κ3) is 5.82. The summed E-state index contributed by atoms with van der Waals surface area (Å²) in [6, 6.07) is -1.72. The lowest BCUT2D eigenvalue weighted by Crippen LogP contribution is -2.70. The number of piperidine rings is 1. The predicted molar refractivity (Wildman–Crippen MR) is 94.1 cm³/mol. The Morgan fingerprint density at radius 1 is 1.00 bits per heavy atom. The summed E-state index contributed by atoms with van der Waals surface area (Å²) in [6.45, 7) is 4.67. The van der Waals surface area contributed by atoms with E-state index < -0.39 is 30.4 Å². The number of carbonyl (C=O) groups is 1. The molecule has 1 aliphatic heterocycles. The van der Waals surface area contributed by atoms with Gasteiger partial charge in [0.05, 0.1) is 12.6 Å². The minimum Gasteiger partial charge on any atom is -0.395 e. The van der Waals surface area contributed by atoms with Crippen LogP contribution >= 0.6 is 12.4 Å². The Bertz CT molecular complexity index is 361. The lowest BCUT2D eigenvalue weighted by atomic mass is 9.87. The lowest BCUT2D eigenvalue weighted by molar-refractivity contribution is -0.178. The number of amides is 1. The van der Waals surface area contributed by atoms with Crippen LogP contribution < -0.4 is 5.32 Å². The van der Waals surface area contributed by atoms with E-state index in [1.54, 1.807) is 4.90 Å². The Labute approximate surface area is 150 Å². The maximum absolute atomic E-state index is 12.5. The number of halogens is 1. The van der Waals surface area contributed by atoms with Gasteiger partial charge in [-0.05, 0) is 19.4 Å². The molecule has 1 aliphatic rings. The van der Waals surface area contributed by atoms with Gasteiger partial charge in [-0.2, -0.15) is 0 Å². The summed E-state index contributed by atoms with van der Waals surface area (Å²) in [4.78, 5) is 14.1. The Hall–Kier alpha value is -0.440. The first-order valence-electron chi connectivity index (χ1n) is 8.68. The van der Waals surface area contributed by atoms with Crippen LogP contribution in [-0.2, 0) is 4.79 Å². The molecule has 1 saturated heterocycles. The number of likely N-dealkylation sites (tertiary alicyclic amines) is 1. The molecular formula is C16H33ClN2O5. The van der Waals surface area contributed by atoms with Crippen LogP contribution in [0.4, 0.5) is 0 Å². The van der Waals surface area contributed by atoms with Gasteiger partial charge in [-0.1, -0.05) is 33.1 Å². The number of nitrogens with zero attached hydrogens (tertiary/aromatic N) is 1. The molecule has 1 heterocycles. The highest BCUT2D eigenvalue weighted by Crippen LogP contribution is 2.25. The SMILES string of the molecule is CCCCCNC(=O)[C@@H]1[C@H](O)[C@@H](O)[C@H](O)[C@H](CO)N1CCCC.Cl. The van der Waals surface area contributed by atoms with Crippen molar-refractivity contribution in [2.24, 2.45) is 0 Å². The molecule has 0 unspecified atom stereocenters. The first-order valence-corrected chi connectivity index (χ1v) is 8.68. The third-order valence-corrected chi connectivity index (χ3v) is 4.51. The molecule has 0 saturated carbocycles. The fourth-order valence-electron chi connectivity index (χ4n) is 3.07. The average Bonchev–Trinajstić information content (AvgIpc) is 2.54. The number of aliphatic hydroxyl groups is 4. The minimum atomic E-state index is -1.45. The summed E-state index contributed by atoms with van der Waals surface area (Å²) in [6.07, 6.45) is 0.452. The molecule has 1 amide bonds. The van der Waals surface area contributed by atoms with Crippen molar-refractivity contribution in [3.63, 3.8) is 0 Å². The van der Waals surface area contributed by atoms with Gasteiger partial charge >= 0.3 is 0 Å². The van der Waals surface area contributed by atoms with Crippen LogP contribution in [0.25, 0.3) is 0 Å². The van der Waals surface area contributed by atoms with Crippen molar-refractivity contribution in [2.45, 2.75) is 76.3 Å². The predicted octanol–water partition coefficient (Wildman–Crippen LogP) is -0.358. The van der Waals surface area contributed by atoms with Crippen LogP contribution in [0.5, 0.6) is 0 Å². The van der Waals surface area contributed by atoms with Crippen molar-refractivity contribution >= 4 is 18.3 Å². The normalized spacial score (nSPS) is 30.7. The minimum absolute atomic E-state index is 0. The van der Waals surface area contributed by atoms with E-state index in [1.807, 2.05) is 6.92 Å². The number of hydrogen-bond donors (Lipinski definition) is 5. The van der Waals surface area contributed by atoms with Gasteiger partial charge < -0.3 is 25.7 Å². The molecule has 0 radical (unpaired) electrons. The van der Waals surface area contributed by atoms with Crippen molar-refractivity contribution in [1.29, 1.82) is 0 Å². The number of hydrogen-bond acceptors (Lipinski definition) is 6. The second-order valence-electron chi connectivity index (χ2n) is 6.26. The highest BCUT2D eigenvalue weighted by atomic mass is 35.5. The summed E-state index contributed by atoms with van der Waals surface area (Å²) in [5, 5.41) is 42.7. The van der Waals surface area contributed by atoms with Gasteiger partial charge in [-0.3, -0.25) is 9.69 Å². The van der Waals surface area contributed by atoms with E-state index in [2.05, 4.69) is 12.2 Å². The molecule has 0 spiro atoms. The maximum Gasteiger partial charge on any atom is 0.240 e. The summed E-state index contributed by atoms with van der Waals surface area (Å²) < 4.78 is 0. The topological polar surface area (TPSA) is 113 Å². The van der Waals surface area contributed by atoms with E-state index in [1.165, 1.54) is 0 Å². The van der Waals surface area contributed by atoms with Crippen molar-refractivity contribution < 1.29 is 25.2 Å². The molecular weight excluding hydrogens is 336 g/mol. The average molecular weight is 369 g/mol. The quantitative estimate of drug-likeness (QED) is 0.355. The molecule has 0 aromatic carbocycles. The number of carbonyl (C=O) groups excluding carboxylic acids is 1. The van der Waals surface area contributed by atoms with Gasteiger partial charge in [0.15, 0.2) is 0 Å². The first-order chi connectivity index (χ1) is 11.0. The van der Waals surface area contributed by atoms with Gasteiger partial charge in [0.1, 0.15) is 24.4 Å². The number of unbranched alkanes of at least 4 members (excludes halogenated alkanes) is 3. The standard InChI is InChI=1S/C16H32N2O5.ClH/c1-3-5-7-8-17-16(23)12-14(21)15(22)13(20)11(10-19)18(12)9-6-4-2;/h11-15,19-22H,3-10H2,1-2H3,(H,17,23);1H/t11-,12-,13+,14-,15-;/m0./s1. The molecule has 24 heavy (non-hydrogen) atoms. The summed E-state index contributed by atoms with van der Waals surface area (Å²) in [5.74, 6) is -0.367. The second-order valence-corrected chi connectivity index (χ2v) is 6.26. The Kier molecular flexibility index (Phi) is 11.8. The Balaban J connectivity index is 0.00000529. The van der Waals surface area contributed by atoms with Crippen molar-refractivity contribution in [2.75, 3.05) is 19.7 Å². The van der Waals surface area contributed by atoms with E-state index in [4.69, 9.17) is 0 Å². The lowest BCUT2D eigenvalue weighted by Gasteiger charge is -2.47. The fraction of sp³-hybridized carbons (Fsp3) is 0.938. The Morgan fingerprint density at radius 2 is 1.62 bits per heavy atom. The fourth-order valence-corrected chi connectivity index (χ4v) is 3.07. The van der Waals surface area contributed by atoms with Gasteiger partial charge in [0.2, 0.25) is 5.91 Å². The van der Waals surface area contributed by atoms with Crippen LogP contribution in [0.2, 0.25) is 0 Å². The molecule has 8 heteroatoms. The molecule has 144 valence electrons. The summed E-state index contributed by atoms with van der Waals surface area (Å²) in [5.41, 5.74) is 0. The van der Waals surface area contributed by atoms with Crippen LogP contribution in [-0.4, -0.2) is 81.3 Å². The molecule has 5 N–H and O–H groups in total. The zero-order chi connectivity index (χ0) is 17.4. The third-order valence-electron chi connectivity index (χ3n) is 4.51. The van der Waals surface area contributed by atoms with Crippen molar-refractivity contribution in [3.05, 3.63) is 0 Å². The maximum atomic E-state index is 12.5. The molecule has 0 bridgehead atoms. The number of aliphatic hydroxyl groups excluding tert-OH is 4. The highest BCUT2D eigenvalue weighted by Gasteiger charge is 2.49. The van der Waals surface area contributed by atoms with Crippen molar-refractivity contribution in [3.8, 4) is 0 Å². The number of nitrogens with one attached hydrogen (secondary N) is 1. The largest absolute Gasteiger partial charge is 0.395 e. The van der Waals surface area contributed by atoms with E-state index in [-0.39, 0.29) is 24.9 Å². The van der Waals surface area contributed by atoms with E-state index in [0.717, 1.165) is 32.1 Å². The molecule has 0 aromatic heterocycles. The summed E-state index contributed by atoms with van der Waals surface area (Å²) >= 11 is 0. The molecule has 5 atom stereocenters. The van der Waals surface area contributed by atoms with Crippen LogP contribution in [0.3, 0.4) is 0 Å². The van der Waals surface area contributed by atoms with Gasteiger partial charge in [-0.25, -0.2) is 0 Å². The van der Waals surface area contributed by atoms with Crippen molar-refractivity contribution in [1.82, 2.24) is 10.2 Å². The van der Waals surface area contributed by atoms with E-state index in [0.29, 0.717) is 13.1 Å². The van der Waals surface area contributed by atoms with E-state index >= 15 is 0 Å². The van der Waals surface area contributed by atoms with Crippen LogP contribution in [0, 0.1) is 0 Å². The smallest absolute Gasteiger partial charge is 0.240 e. The number of rotatable bonds is 9. The first kappa shape index (κ1) is 23.6. The summed E-state index contributed by atoms with van der Waals surface area (Å²) in [7, 11) is 0. The van der Waals surface area contributed by atoms with E-state index in [9.17, 15) is 25.2 Å². The van der Waals surface area contributed by atoms with Crippen LogP contribution in [0.1, 0.15) is 46.0 Å². The van der Waals surface area contributed by atoms with Gasteiger partial charge in [-0.15, -0.1) is 12.4 Å². The molecule has 1 rings (SSSR count).